The minimum absolute atomic E-state index is 0.310. The number of allylic oxidation sites excluding steroid dienone is 4. The summed E-state index contributed by atoms with van der Waals surface area (Å²) in [5.41, 5.74) is 3.32. The monoisotopic (exact) mass is 472 g/mol. The molecule has 2 nitrogen and oxygen atoms in total. The second-order valence-corrected chi connectivity index (χ2v) is 9.53. The zero-order valence-corrected chi connectivity index (χ0v) is 22.5. The molecule has 0 radical (unpaired) electrons. The topological polar surface area (TPSA) is 24.1 Å². The van der Waals surface area contributed by atoms with Crippen LogP contribution in [0.4, 0.5) is 0 Å². The molecule has 1 aromatic rings. The molecule has 0 bridgehead atoms. The van der Waals surface area contributed by atoms with Gasteiger partial charge in [-0.05, 0) is 41.5 Å². The van der Waals surface area contributed by atoms with Crippen LogP contribution in [0, 0.1) is 11.8 Å². The first-order valence-corrected chi connectivity index (χ1v) is 14.1. The summed E-state index contributed by atoms with van der Waals surface area (Å²) in [5.74, 6) is 1.57. The second-order valence-electron chi connectivity index (χ2n) is 7.57. The van der Waals surface area contributed by atoms with Crippen molar-refractivity contribution in [2.45, 2.75) is 72.1 Å². The Morgan fingerprint density at radius 2 is 1.97 bits per heavy atom. The maximum atomic E-state index is 4.31. The van der Waals surface area contributed by atoms with Crippen LogP contribution in [0.25, 0.3) is 0 Å². The predicted octanol–water partition coefficient (Wildman–Crippen LogP) is 8.97. The minimum atomic E-state index is 0.310. The minimum Gasteiger partial charge on any atom is -0.380 e. The van der Waals surface area contributed by atoms with Crippen molar-refractivity contribution in [2.24, 2.45) is 11.8 Å². The highest BCUT2D eigenvalue weighted by molar-refractivity contribution is 8.02. The fourth-order valence-corrected chi connectivity index (χ4v) is 5.70. The van der Waals surface area contributed by atoms with Gasteiger partial charge in [0.2, 0.25) is 0 Å². The molecule has 1 saturated carbocycles. The normalized spacial score (nSPS) is 22.3. The molecular formula is C28H44N2S2. The first kappa shape index (κ1) is 28.4. The average molecular weight is 473 g/mol. The molecule has 1 aliphatic carbocycles. The molecule has 1 aromatic heterocycles. The SMILES string of the molecule is C=C(NC/C=C\C=C/C(=C)C1CCCC(CC)C1)C1=CSC(c2cccs2)N1.CC.CC. The van der Waals surface area contributed by atoms with Gasteiger partial charge in [-0.2, -0.15) is 0 Å². The van der Waals surface area contributed by atoms with Crippen molar-refractivity contribution in [1.82, 2.24) is 10.6 Å². The number of thiophene rings is 1. The van der Waals surface area contributed by atoms with Crippen LogP contribution in [-0.4, -0.2) is 6.54 Å². The lowest BCUT2D eigenvalue weighted by Crippen LogP contribution is -2.21. The number of rotatable bonds is 9. The van der Waals surface area contributed by atoms with Gasteiger partial charge < -0.3 is 10.6 Å². The Labute approximate surface area is 206 Å². The Morgan fingerprint density at radius 3 is 2.66 bits per heavy atom. The van der Waals surface area contributed by atoms with Crippen molar-refractivity contribution < 1.29 is 0 Å². The van der Waals surface area contributed by atoms with E-state index >= 15 is 0 Å². The molecule has 2 N–H and O–H groups in total. The lowest BCUT2D eigenvalue weighted by atomic mass is 9.77. The van der Waals surface area contributed by atoms with Gasteiger partial charge in [0.1, 0.15) is 5.37 Å². The Hall–Kier alpha value is -1.65. The van der Waals surface area contributed by atoms with Gasteiger partial charge in [-0.25, -0.2) is 0 Å². The molecule has 3 rings (SSSR count). The molecule has 2 heterocycles. The van der Waals surface area contributed by atoms with E-state index in [0.29, 0.717) is 11.3 Å². The van der Waals surface area contributed by atoms with Crippen LogP contribution in [0.1, 0.15) is 77.0 Å². The quantitative estimate of drug-likeness (QED) is 0.351. The van der Waals surface area contributed by atoms with E-state index in [9.17, 15) is 0 Å². The van der Waals surface area contributed by atoms with Gasteiger partial charge in [0.15, 0.2) is 0 Å². The van der Waals surface area contributed by atoms with E-state index in [-0.39, 0.29) is 0 Å². The van der Waals surface area contributed by atoms with E-state index in [1.165, 1.54) is 42.6 Å². The molecule has 178 valence electrons. The third-order valence-electron chi connectivity index (χ3n) is 5.61. The highest BCUT2D eigenvalue weighted by Gasteiger charge is 2.22. The molecule has 0 aromatic carbocycles. The summed E-state index contributed by atoms with van der Waals surface area (Å²) in [6.07, 6.45) is 15.2. The number of hydrogen-bond donors (Lipinski definition) is 2. The summed E-state index contributed by atoms with van der Waals surface area (Å²) in [5, 5.41) is 11.5. The summed E-state index contributed by atoms with van der Waals surface area (Å²) >= 11 is 3.58. The van der Waals surface area contributed by atoms with Crippen LogP contribution in [-0.2, 0) is 0 Å². The molecule has 4 heteroatoms. The molecule has 32 heavy (non-hydrogen) atoms. The molecule has 0 amide bonds. The Bertz CT molecular complexity index is 743. The van der Waals surface area contributed by atoms with Gasteiger partial charge in [0.25, 0.3) is 0 Å². The number of nitrogens with one attached hydrogen (secondary N) is 2. The molecular weight excluding hydrogens is 428 g/mol. The Balaban J connectivity index is 0.00000121. The van der Waals surface area contributed by atoms with Gasteiger partial charge in [-0.1, -0.05) is 103 Å². The van der Waals surface area contributed by atoms with E-state index in [2.05, 4.69) is 77.9 Å². The molecule has 0 spiro atoms. The summed E-state index contributed by atoms with van der Waals surface area (Å²) in [6.45, 7) is 19.5. The average Bonchev–Trinajstić information content (AvgIpc) is 3.56. The lowest BCUT2D eigenvalue weighted by molar-refractivity contribution is 0.291. The molecule has 2 aliphatic rings. The van der Waals surface area contributed by atoms with Crippen molar-refractivity contribution in [3.8, 4) is 0 Å². The zero-order chi connectivity index (χ0) is 23.8. The van der Waals surface area contributed by atoms with Crippen LogP contribution in [0.5, 0.6) is 0 Å². The fourth-order valence-electron chi connectivity index (χ4n) is 3.82. The van der Waals surface area contributed by atoms with Crippen LogP contribution in [0.2, 0.25) is 0 Å². The van der Waals surface area contributed by atoms with Crippen LogP contribution < -0.4 is 10.6 Å². The van der Waals surface area contributed by atoms with Gasteiger partial charge in [-0.15, -0.1) is 23.1 Å². The van der Waals surface area contributed by atoms with E-state index < -0.39 is 0 Å². The molecule has 0 saturated heterocycles. The van der Waals surface area contributed by atoms with Crippen molar-refractivity contribution in [3.63, 3.8) is 0 Å². The van der Waals surface area contributed by atoms with Crippen LogP contribution in [0.15, 0.2) is 77.3 Å². The fraction of sp³-hybridized carbons (Fsp3) is 0.500. The number of thioether (sulfide) groups is 1. The van der Waals surface area contributed by atoms with E-state index in [4.69, 9.17) is 0 Å². The Kier molecular flexibility index (Phi) is 15.0. The maximum Gasteiger partial charge on any atom is 0.111 e. The molecule has 3 unspecified atom stereocenters. The molecule has 1 fully saturated rings. The van der Waals surface area contributed by atoms with E-state index in [1.54, 1.807) is 23.1 Å². The van der Waals surface area contributed by atoms with Crippen molar-refractivity contribution in [3.05, 3.63) is 82.2 Å². The van der Waals surface area contributed by atoms with Crippen LogP contribution in [0.3, 0.4) is 0 Å². The largest absolute Gasteiger partial charge is 0.380 e. The summed E-state index contributed by atoms with van der Waals surface area (Å²) in [6, 6.07) is 4.26. The summed E-state index contributed by atoms with van der Waals surface area (Å²) in [4.78, 5) is 1.34. The predicted molar refractivity (Wildman–Crippen MR) is 149 cm³/mol. The van der Waals surface area contributed by atoms with Gasteiger partial charge in [0, 0.05) is 11.4 Å². The standard InChI is InChI=1S/C24H32N2S2.2C2H6/c1-4-20-11-8-12-21(16-20)18(2)10-6-5-7-14-25-19(3)22-17-28-24(26-22)23-13-9-15-27-23;2*1-2/h5-7,9-10,13,15,17,20-21,24-26H,2-4,8,11-12,14,16H2,1H3;2*1-2H3/b7-5-,10-6-;;. The second kappa shape index (κ2) is 16.9. The highest BCUT2D eigenvalue weighted by atomic mass is 32.2. The lowest BCUT2D eigenvalue weighted by Gasteiger charge is -2.28. The maximum absolute atomic E-state index is 4.31. The van der Waals surface area contributed by atoms with Crippen molar-refractivity contribution in [1.29, 1.82) is 0 Å². The Morgan fingerprint density at radius 1 is 1.19 bits per heavy atom. The van der Waals surface area contributed by atoms with Crippen LogP contribution >= 0.6 is 23.1 Å². The van der Waals surface area contributed by atoms with Gasteiger partial charge in [0.05, 0.1) is 11.4 Å². The number of hydrogen-bond acceptors (Lipinski definition) is 4. The third-order valence-corrected chi connectivity index (χ3v) is 7.71. The highest BCUT2D eigenvalue weighted by Crippen LogP contribution is 2.37. The van der Waals surface area contributed by atoms with E-state index in [0.717, 1.165) is 23.9 Å². The molecule has 3 atom stereocenters. The summed E-state index contributed by atoms with van der Waals surface area (Å²) < 4.78 is 0. The first-order valence-electron chi connectivity index (χ1n) is 12.3. The zero-order valence-electron chi connectivity index (χ0n) is 20.8. The smallest absolute Gasteiger partial charge is 0.111 e. The third kappa shape index (κ3) is 9.46. The van der Waals surface area contributed by atoms with Gasteiger partial charge >= 0.3 is 0 Å². The van der Waals surface area contributed by atoms with Crippen molar-refractivity contribution >= 4 is 23.1 Å². The molecule has 1 aliphatic heterocycles. The summed E-state index contributed by atoms with van der Waals surface area (Å²) in [7, 11) is 0. The van der Waals surface area contributed by atoms with E-state index in [1.807, 2.05) is 27.7 Å². The first-order chi connectivity index (χ1) is 15.7. The van der Waals surface area contributed by atoms with Gasteiger partial charge in [-0.3, -0.25) is 0 Å². The van der Waals surface area contributed by atoms with Crippen molar-refractivity contribution in [2.75, 3.05) is 6.54 Å².